The lowest BCUT2D eigenvalue weighted by Crippen LogP contribution is -2.28. The minimum atomic E-state index is -0.292. The third-order valence-corrected chi connectivity index (χ3v) is 3.17. The van der Waals surface area contributed by atoms with Crippen LogP contribution in [0, 0.1) is 6.92 Å². The van der Waals surface area contributed by atoms with E-state index in [0.29, 0.717) is 4.88 Å². The van der Waals surface area contributed by atoms with Crippen LogP contribution in [0.5, 0.6) is 0 Å². The zero-order chi connectivity index (χ0) is 12.1. The molecule has 0 unspecified atom stereocenters. The fraction of sp³-hybridized carbons (Fsp3) is 0.444. The number of halogens is 1. The number of carbonyl (C=O) groups excluding carboxylic acids is 2. The van der Waals surface area contributed by atoms with E-state index in [0.717, 1.165) is 5.01 Å². The molecular weight excluding hydrogens is 250 g/mol. The monoisotopic (exact) mass is 261 g/mol. The molecular formula is C9H12ClN3O2S. The number of hydrogen-bond acceptors (Lipinski definition) is 4. The molecule has 0 spiro atoms. The highest BCUT2D eigenvalue weighted by Gasteiger charge is 2.14. The van der Waals surface area contributed by atoms with E-state index >= 15 is 0 Å². The summed E-state index contributed by atoms with van der Waals surface area (Å²) in [6.07, 6.45) is 0.248. The first-order valence-corrected chi connectivity index (χ1v) is 5.85. The molecule has 0 aromatic carbocycles. The Morgan fingerprint density at radius 1 is 1.50 bits per heavy atom. The van der Waals surface area contributed by atoms with E-state index in [4.69, 9.17) is 11.6 Å². The summed E-state index contributed by atoms with van der Waals surface area (Å²) >= 11 is 7.00. The van der Waals surface area contributed by atoms with Gasteiger partial charge in [0.25, 0.3) is 5.91 Å². The molecule has 0 radical (unpaired) electrons. The van der Waals surface area contributed by atoms with Gasteiger partial charge in [0.15, 0.2) is 5.15 Å². The minimum absolute atomic E-state index is 0.119. The van der Waals surface area contributed by atoms with E-state index in [9.17, 15) is 9.59 Å². The molecule has 0 fully saturated rings. The normalized spacial score (nSPS) is 9.94. The Labute approximate surface area is 102 Å². The molecule has 0 aliphatic heterocycles. The lowest BCUT2D eigenvalue weighted by Gasteiger charge is -2.02. The van der Waals surface area contributed by atoms with Gasteiger partial charge < -0.3 is 10.6 Å². The molecule has 16 heavy (non-hydrogen) atoms. The molecule has 0 aliphatic rings. The summed E-state index contributed by atoms with van der Waals surface area (Å²) in [6, 6.07) is 0. The van der Waals surface area contributed by atoms with Crippen molar-refractivity contribution in [2.75, 3.05) is 13.6 Å². The van der Waals surface area contributed by atoms with Crippen LogP contribution >= 0.6 is 22.9 Å². The van der Waals surface area contributed by atoms with Crippen LogP contribution in [-0.2, 0) is 4.79 Å². The highest BCUT2D eigenvalue weighted by Crippen LogP contribution is 2.21. The van der Waals surface area contributed by atoms with Crippen molar-refractivity contribution in [3.8, 4) is 0 Å². The lowest BCUT2D eigenvalue weighted by atomic mass is 10.4. The van der Waals surface area contributed by atoms with Crippen molar-refractivity contribution in [2.45, 2.75) is 13.3 Å². The quantitative estimate of drug-likeness (QED) is 0.849. The van der Waals surface area contributed by atoms with E-state index in [1.807, 2.05) is 0 Å². The summed E-state index contributed by atoms with van der Waals surface area (Å²) < 4.78 is 0. The Balaban J connectivity index is 2.47. The van der Waals surface area contributed by atoms with Gasteiger partial charge >= 0.3 is 0 Å². The van der Waals surface area contributed by atoms with Gasteiger partial charge in [-0.25, -0.2) is 4.98 Å². The van der Waals surface area contributed by atoms with Crippen LogP contribution in [0.2, 0.25) is 5.15 Å². The molecule has 2 N–H and O–H groups in total. The maximum Gasteiger partial charge on any atom is 0.264 e. The molecule has 1 aromatic heterocycles. The molecule has 0 aliphatic carbocycles. The predicted molar refractivity (Wildman–Crippen MR) is 62.9 cm³/mol. The molecule has 0 saturated heterocycles. The molecule has 0 atom stereocenters. The van der Waals surface area contributed by atoms with Crippen LogP contribution in [0.25, 0.3) is 0 Å². The third kappa shape index (κ3) is 3.46. The van der Waals surface area contributed by atoms with Crippen LogP contribution < -0.4 is 10.6 Å². The van der Waals surface area contributed by atoms with E-state index in [-0.39, 0.29) is 29.9 Å². The molecule has 88 valence electrons. The molecule has 1 heterocycles. The summed E-state index contributed by atoms with van der Waals surface area (Å²) in [5.41, 5.74) is 0. The standard InChI is InChI=1S/C9H12ClN3O2S/c1-5-13-8(10)7(16-5)9(15)12-4-3-6(14)11-2/h3-4H2,1-2H3,(H,11,14)(H,12,15). The van der Waals surface area contributed by atoms with Crippen molar-refractivity contribution < 1.29 is 9.59 Å². The van der Waals surface area contributed by atoms with Crippen LogP contribution in [0.15, 0.2) is 0 Å². The van der Waals surface area contributed by atoms with Crippen molar-refractivity contribution >= 4 is 34.8 Å². The Morgan fingerprint density at radius 2 is 2.19 bits per heavy atom. The molecule has 2 amide bonds. The highest BCUT2D eigenvalue weighted by molar-refractivity contribution is 7.14. The number of thiazole rings is 1. The number of aromatic nitrogens is 1. The molecule has 0 saturated carbocycles. The summed E-state index contributed by atoms with van der Waals surface area (Å²) in [5.74, 6) is -0.411. The molecule has 1 rings (SSSR count). The maximum atomic E-state index is 11.6. The fourth-order valence-corrected chi connectivity index (χ4v) is 2.14. The summed E-state index contributed by atoms with van der Waals surface area (Å²) in [7, 11) is 1.55. The van der Waals surface area contributed by atoms with Gasteiger partial charge in [-0.1, -0.05) is 11.6 Å². The number of hydrogen-bond donors (Lipinski definition) is 2. The van der Waals surface area contributed by atoms with Crippen molar-refractivity contribution in [3.05, 3.63) is 15.0 Å². The first-order valence-electron chi connectivity index (χ1n) is 4.66. The maximum absolute atomic E-state index is 11.6. The number of aryl methyl sites for hydroxylation is 1. The van der Waals surface area contributed by atoms with Gasteiger partial charge in [0.1, 0.15) is 4.88 Å². The van der Waals surface area contributed by atoms with Crippen molar-refractivity contribution in [1.82, 2.24) is 15.6 Å². The van der Waals surface area contributed by atoms with Crippen LogP contribution in [0.1, 0.15) is 21.1 Å². The SMILES string of the molecule is CNC(=O)CCNC(=O)c1sc(C)nc1Cl. The van der Waals surface area contributed by atoms with Gasteiger partial charge in [0, 0.05) is 20.0 Å². The van der Waals surface area contributed by atoms with Gasteiger partial charge in [-0.3, -0.25) is 9.59 Å². The Morgan fingerprint density at radius 3 is 2.69 bits per heavy atom. The number of rotatable bonds is 4. The van der Waals surface area contributed by atoms with Crippen molar-refractivity contribution in [2.24, 2.45) is 0 Å². The molecule has 7 heteroatoms. The summed E-state index contributed by atoms with van der Waals surface area (Å²) in [5, 5.41) is 6.02. The minimum Gasteiger partial charge on any atom is -0.359 e. The zero-order valence-corrected chi connectivity index (χ0v) is 10.5. The second-order valence-corrected chi connectivity index (χ2v) is 4.59. The molecule has 1 aromatic rings. The fourth-order valence-electron chi connectivity index (χ4n) is 1.04. The zero-order valence-electron chi connectivity index (χ0n) is 8.96. The van der Waals surface area contributed by atoms with Crippen LogP contribution in [0.3, 0.4) is 0 Å². The van der Waals surface area contributed by atoms with Gasteiger partial charge in [0.2, 0.25) is 5.91 Å². The molecule has 0 bridgehead atoms. The average Bonchev–Trinajstić information content (AvgIpc) is 2.57. The van der Waals surface area contributed by atoms with Gasteiger partial charge in [-0.15, -0.1) is 11.3 Å². The van der Waals surface area contributed by atoms with Crippen LogP contribution in [-0.4, -0.2) is 30.4 Å². The smallest absolute Gasteiger partial charge is 0.264 e. The van der Waals surface area contributed by atoms with E-state index in [2.05, 4.69) is 15.6 Å². The third-order valence-electron chi connectivity index (χ3n) is 1.82. The highest BCUT2D eigenvalue weighted by atomic mass is 35.5. The number of nitrogens with zero attached hydrogens (tertiary/aromatic N) is 1. The van der Waals surface area contributed by atoms with Gasteiger partial charge in [-0.05, 0) is 6.92 Å². The predicted octanol–water partition coefficient (Wildman–Crippen LogP) is 0.971. The Kier molecular flexibility index (Phi) is 4.70. The van der Waals surface area contributed by atoms with Gasteiger partial charge in [-0.2, -0.15) is 0 Å². The largest absolute Gasteiger partial charge is 0.359 e. The second-order valence-electron chi connectivity index (χ2n) is 3.03. The molecule has 5 nitrogen and oxygen atoms in total. The van der Waals surface area contributed by atoms with Crippen LogP contribution in [0.4, 0.5) is 0 Å². The van der Waals surface area contributed by atoms with Gasteiger partial charge in [0.05, 0.1) is 5.01 Å². The summed E-state index contributed by atoms with van der Waals surface area (Å²) in [6.45, 7) is 2.06. The van der Waals surface area contributed by atoms with E-state index < -0.39 is 0 Å². The average molecular weight is 262 g/mol. The Hall–Kier alpha value is -1.14. The van der Waals surface area contributed by atoms with Crippen molar-refractivity contribution in [3.63, 3.8) is 0 Å². The Bertz CT molecular complexity index is 405. The summed E-state index contributed by atoms with van der Waals surface area (Å²) in [4.78, 5) is 26.8. The first-order chi connectivity index (χ1) is 7.54. The second kappa shape index (κ2) is 5.81. The van der Waals surface area contributed by atoms with Crippen molar-refractivity contribution in [1.29, 1.82) is 0 Å². The number of nitrogens with one attached hydrogen (secondary N) is 2. The number of carbonyl (C=O) groups is 2. The lowest BCUT2D eigenvalue weighted by molar-refractivity contribution is -0.120. The topological polar surface area (TPSA) is 71.1 Å². The van der Waals surface area contributed by atoms with E-state index in [1.54, 1.807) is 14.0 Å². The first kappa shape index (κ1) is 12.9. The van der Waals surface area contributed by atoms with E-state index in [1.165, 1.54) is 11.3 Å². The number of amides is 2.